The van der Waals surface area contributed by atoms with Crippen molar-refractivity contribution >= 4 is 21.6 Å². The van der Waals surface area contributed by atoms with Crippen LogP contribution in [-0.2, 0) is 10.0 Å². The van der Waals surface area contributed by atoms with Crippen molar-refractivity contribution in [3.05, 3.63) is 82.9 Å². The summed E-state index contributed by atoms with van der Waals surface area (Å²) in [4.78, 5) is 13.2. The maximum absolute atomic E-state index is 13.4. The number of amides is 1. The van der Waals surface area contributed by atoms with Crippen molar-refractivity contribution in [1.82, 2.24) is 5.32 Å². The first-order valence-corrected chi connectivity index (χ1v) is 12.2. The van der Waals surface area contributed by atoms with Crippen LogP contribution in [0.3, 0.4) is 0 Å². The minimum Gasteiger partial charge on any atom is -0.496 e. The van der Waals surface area contributed by atoms with E-state index < -0.39 is 10.0 Å². The zero-order valence-corrected chi connectivity index (χ0v) is 21.1. The third kappa shape index (κ3) is 5.02. The Morgan fingerprint density at radius 3 is 2.29 bits per heavy atom. The number of rotatable bonds is 8. The van der Waals surface area contributed by atoms with Crippen LogP contribution in [0.4, 0.5) is 5.69 Å². The monoisotopic (exact) mass is 482 g/mol. The average Bonchev–Trinajstić information content (AvgIpc) is 2.83. The molecule has 3 aromatic rings. The van der Waals surface area contributed by atoms with Crippen molar-refractivity contribution in [3.8, 4) is 11.5 Å². The number of ether oxygens (including phenoxy) is 2. The summed E-state index contributed by atoms with van der Waals surface area (Å²) >= 11 is 0. The summed E-state index contributed by atoms with van der Waals surface area (Å²) in [5, 5.41) is 2.97. The molecule has 0 aliphatic rings. The highest BCUT2D eigenvalue weighted by atomic mass is 32.2. The molecule has 1 atom stereocenters. The van der Waals surface area contributed by atoms with Crippen LogP contribution < -0.4 is 19.1 Å². The molecule has 0 aromatic heterocycles. The van der Waals surface area contributed by atoms with Gasteiger partial charge in [-0.3, -0.25) is 9.10 Å². The van der Waals surface area contributed by atoms with E-state index >= 15 is 0 Å². The molecule has 0 spiro atoms. The van der Waals surface area contributed by atoms with Crippen LogP contribution in [0.25, 0.3) is 0 Å². The Morgan fingerprint density at radius 1 is 0.941 bits per heavy atom. The molecule has 7 nitrogen and oxygen atoms in total. The molecule has 3 aromatic carbocycles. The van der Waals surface area contributed by atoms with Gasteiger partial charge in [0.2, 0.25) is 0 Å². The van der Waals surface area contributed by atoms with Gasteiger partial charge < -0.3 is 14.8 Å². The SMILES string of the molecule is COc1ccc(C)cc1C(C)NC(=O)c1cc(S(=O)(=O)N(C)c2ccccc2OC)ccc1C. The maximum atomic E-state index is 13.4. The zero-order chi connectivity index (χ0) is 25.0. The first-order chi connectivity index (χ1) is 16.1. The lowest BCUT2D eigenvalue weighted by Gasteiger charge is -2.22. The van der Waals surface area contributed by atoms with Gasteiger partial charge in [-0.15, -0.1) is 0 Å². The smallest absolute Gasteiger partial charge is 0.264 e. The summed E-state index contributed by atoms with van der Waals surface area (Å²) in [7, 11) is 0.583. The normalized spacial score (nSPS) is 12.1. The van der Waals surface area contributed by atoms with Crippen LogP contribution in [0, 0.1) is 13.8 Å². The predicted octanol–water partition coefficient (Wildman–Crippen LogP) is 4.64. The van der Waals surface area contributed by atoms with E-state index in [2.05, 4.69) is 5.32 Å². The molecule has 0 bridgehead atoms. The molecule has 0 aliphatic heterocycles. The van der Waals surface area contributed by atoms with Crippen LogP contribution in [0.1, 0.15) is 40.0 Å². The minimum atomic E-state index is -3.94. The van der Waals surface area contributed by atoms with Gasteiger partial charge in [-0.2, -0.15) is 0 Å². The molecule has 3 rings (SSSR count). The molecular formula is C26H30N2O5S. The number of benzene rings is 3. The Hall–Kier alpha value is -3.52. The quantitative estimate of drug-likeness (QED) is 0.506. The van der Waals surface area contributed by atoms with Crippen LogP contribution in [0.15, 0.2) is 65.6 Å². The number of sulfonamides is 1. The van der Waals surface area contributed by atoms with Gasteiger partial charge in [-0.25, -0.2) is 8.42 Å². The van der Waals surface area contributed by atoms with Crippen LogP contribution in [-0.4, -0.2) is 35.6 Å². The second kappa shape index (κ2) is 10.2. The van der Waals surface area contributed by atoms with Crippen molar-refractivity contribution in [2.45, 2.75) is 31.7 Å². The lowest BCUT2D eigenvalue weighted by molar-refractivity contribution is 0.0938. The summed E-state index contributed by atoms with van der Waals surface area (Å²) < 4.78 is 38.6. The number of hydrogen-bond donors (Lipinski definition) is 1. The average molecular weight is 483 g/mol. The zero-order valence-electron chi connectivity index (χ0n) is 20.2. The van der Waals surface area contributed by atoms with E-state index in [9.17, 15) is 13.2 Å². The topological polar surface area (TPSA) is 84.9 Å². The van der Waals surface area contributed by atoms with Gasteiger partial charge in [-0.05, 0) is 56.7 Å². The molecule has 0 fully saturated rings. The standard InChI is InChI=1S/C26H30N2O5S/c1-17-11-14-24(32-5)22(15-17)19(3)27-26(29)21-16-20(13-12-18(21)2)34(30,31)28(4)23-9-7-8-10-25(23)33-6/h7-16,19H,1-6H3,(H,27,29). The van der Waals surface area contributed by atoms with Crippen molar-refractivity contribution in [3.63, 3.8) is 0 Å². The van der Waals surface area contributed by atoms with E-state index in [0.717, 1.165) is 15.4 Å². The molecule has 0 aliphatic carbocycles. The fourth-order valence-corrected chi connectivity index (χ4v) is 4.96. The van der Waals surface area contributed by atoms with Gasteiger partial charge in [0, 0.05) is 18.2 Å². The van der Waals surface area contributed by atoms with E-state index in [4.69, 9.17) is 9.47 Å². The van der Waals surface area contributed by atoms with Crippen molar-refractivity contribution in [2.75, 3.05) is 25.6 Å². The highest BCUT2D eigenvalue weighted by Crippen LogP contribution is 2.32. The lowest BCUT2D eigenvalue weighted by Crippen LogP contribution is -2.29. The van der Waals surface area contributed by atoms with Crippen molar-refractivity contribution in [2.24, 2.45) is 0 Å². The van der Waals surface area contributed by atoms with Gasteiger partial charge in [0.15, 0.2) is 0 Å². The summed E-state index contributed by atoms with van der Waals surface area (Å²) in [6.07, 6.45) is 0. The number of carbonyl (C=O) groups is 1. The maximum Gasteiger partial charge on any atom is 0.264 e. The van der Waals surface area contributed by atoms with E-state index in [1.807, 2.05) is 32.0 Å². The van der Waals surface area contributed by atoms with E-state index in [-0.39, 0.29) is 22.4 Å². The summed E-state index contributed by atoms with van der Waals surface area (Å²) in [5.74, 6) is 0.731. The highest BCUT2D eigenvalue weighted by Gasteiger charge is 2.26. The Labute approximate surface area is 201 Å². The highest BCUT2D eigenvalue weighted by molar-refractivity contribution is 7.92. The van der Waals surface area contributed by atoms with Crippen LogP contribution in [0.5, 0.6) is 11.5 Å². The number of anilines is 1. The van der Waals surface area contributed by atoms with Gasteiger partial charge >= 0.3 is 0 Å². The Morgan fingerprint density at radius 2 is 1.62 bits per heavy atom. The molecule has 8 heteroatoms. The van der Waals surface area contributed by atoms with E-state index in [0.29, 0.717) is 22.7 Å². The molecule has 0 saturated heterocycles. The Bertz CT molecular complexity index is 1300. The predicted molar refractivity (Wildman–Crippen MR) is 133 cm³/mol. The number of methoxy groups -OCH3 is 2. The molecule has 34 heavy (non-hydrogen) atoms. The van der Waals surface area contributed by atoms with E-state index in [1.165, 1.54) is 26.3 Å². The Kier molecular flexibility index (Phi) is 7.51. The van der Waals surface area contributed by atoms with Crippen molar-refractivity contribution < 1.29 is 22.7 Å². The first kappa shape index (κ1) is 25.1. The molecule has 1 N–H and O–H groups in total. The van der Waals surface area contributed by atoms with Crippen LogP contribution >= 0.6 is 0 Å². The molecule has 180 valence electrons. The number of hydrogen-bond acceptors (Lipinski definition) is 5. The first-order valence-electron chi connectivity index (χ1n) is 10.8. The number of aryl methyl sites for hydroxylation is 2. The molecule has 0 radical (unpaired) electrons. The lowest BCUT2D eigenvalue weighted by atomic mass is 10.0. The van der Waals surface area contributed by atoms with Crippen LogP contribution in [0.2, 0.25) is 0 Å². The summed E-state index contributed by atoms with van der Waals surface area (Å²) in [6.45, 7) is 5.60. The summed E-state index contributed by atoms with van der Waals surface area (Å²) in [6, 6.07) is 16.8. The number of para-hydroxylation sites is 2. The van der Waals surface area contributed by atoms with Gasteiger partial charge in [0.05, 0.1) is 30.8 Å². The van der Waals surface area contributed by atoms with E-state index in [1.54, 1.807) is 44.4 Å². The third-order valence-electron chi connectivity index (χ3n) is 5.74. The number of nitrogens with one attached hydrogen (secondary N) is 1. The largest absolute Gasteiger partial charge is 0.496 e. The fraction of sp³-hybridized carbons (Fsp3) is 0.269. The molecule has 1 amide bonds. The van der Waals surface area contributed by atoms with Gasteiger partial charge in [0.1, 0.15) is 11.5 Å². The molecule has 1 unspecified atom stereocenters. The second-order valence-corrected chi connectivity index (χ2v) is 10.0. The molecule has 0 saturated carbocycles. The fourth-order valence-electron chi connectivity index (χ4n) is 3.73. The molecule has 0 heterocycles. The number of nitrogens with zero attached hydrogens (tertiary/aromatic N) is 1. The third-order valence-corrected chi connectivity index (χ3v) is 7.50. The molecular weight excluding hydrogens is 452 g/mol. The minimum absolute atomic E-state index is 0.0115. The summed E-state index contributed by atoms with van der Waals surface area (Å²) in [5.41, 5.74) is 3.23. The van der Waals surface area contributed by atoms with Gasteiger partial charge in [-0.1, -0.05) is 35.9 Å². The van der Waals surface area contributed by atoms with Crippen molar-refractivity contribution in [1.29, 1.82) is 0 Å². The number of carbonyl (C=O) groups excluding carboxylic acids is 1. The Balaban J connectivity index is 1.93. The van der Waals surface area contributed by atoms with Gasteiger partial charge in [0.25, 0.3) is 15.9 Å². The second-order valence-electron chi connectivity index (χ2n) is 8.06.